The smallest absolute Gasteiger partial charge is 0.135 e. The van der Waals surface area contributed by atoms with Gasteiger partial charge in [-0.15, -0.1) is 0 Å². The lowest BCUT2D eigenvalue weighted by atomic mass is 9.84. The molecule has 0 spiro atoms. The molecule has 10 aromatic rings. The van der Waals surface area contributed by atoms with Gasteiger partial charge in [-0.1, -0.05) is 176 Å². The van der Waals surface area contributed by atoms with E-state index in [-0.39, 0.29) is 0 Å². The highest BCUT2D eigenvalue weighted by Gasteiger charge is 2.23. The molecule has 0 saturated heterocycles. The van der Waals surface area contributed by atoms with Gasteiger partial charge in [0.2, 0.25) is 0 Å². The zero-order chi connectivity index (χ0) is 34.9. The molecule has 0 amide bonds. The first-order valence-electron chi connectivity index (χ1n) is 18.3. The monoisotopic (exact) mass is 672 g/mol. The maximum Gasteiger partial charge on any atom is 0.135 e. The van der Waals surface area contributed by atoms with Gasteiger partial charge in [0.15, 0.2) is 0 Å². The third-order valence-corrected chi connectivity index (χ3v) is 11.1. The molecule has 0 bridgehead atoms. The second kappa shape index (κ2) is 11.8. The molecule has 0 unspecified atom stereocenters. The molecule has 53 heavy (non-hydrogen) atoms. The van der Waals surface area contributed by atoms with Crippen molar-refractivity contribution in [2.45, 2.75) is 0 Å². The Hall–Kier alpha value is -6.96. The summed E-state index contributed by atoms with van der Waals surface area (Å²) >= 11 is 0. The van der Waals surface area contributed by atoms with Crippen LogP contribution in [0.2, 0.25) is 0 Å². The summed E-state index contributed by atoms with van der Waals surface area (Å²) in [5.41, 5.74) is 12.1. The van der Waals surface area contributed by atoms with E-state index in [1.165, 1.54) is 87.8 Å². The van der Waals surface area contributed by atoms with Crippen LogP contribution in [0.3, 0.4) is 0 Å². The van der Waals surface area contributed by atoms with E-state index >= 15 is 0 Å². The van der Waals surface area contributed by atoms with Crippen molar-refractivity contribution in [1.29, 1.82) is 0 Å². The molecule has 10 aromatic carbocycles. The largest absolute Gasteiger partial charge is 0.456 e. The molecule has 1 aliphatic rings. The summed E-state index contributed by atoms with van der Waals surface area (Å²) in [6, 6.07) is 70.4. The zero-order valence-electron chi connectivity index (χ0n) is 28.9. The SMILES string of the molecule is c1ccc(-c2ccc3c(c2)-c2ccc(-c4ccc(-c5c6ccccc6c(-c6cccc7ccccc67)c6ccccc56)cc4)c4cccc(c24)O3)cc1. The highest BCUT2D eigenvalue weighted by molar-refractivity contribution is 6.23. The van der Waals surface area contributed by atoms with E-state index in [2.05, 4.69) is 194 Å². The summed E-state index contributed by atoms with van der Waals surface area (Å²) in [6.07, 6.45) is 0. The molecule has 0 aromatic heterocycles. The Balaban J connectivity index is 1.06. The molecule has 0 radical (unpaired) electrons. The van der Waals surface area contributed by atoms with E-state index in [9.17, 15) is 0 Å². The molecule has 1 aliphatic heterocycles. The highest BCUT2D eigenvalue weighted by atomic mass is 16.5. The zero-order valence-corrected chi connectivity index (χ0v) is 28.9. The van der Waals surface area contributed by atoms with Crippen molar-refractivity contribution < 1.29 is 4.74 Å². The molecule has 246 valence electrons. The van der Waals surface area contributed by atoms with Gasteiger partial charge in [-0.25, -0.2) is 0 Å². The third-order valence-electron chi connectivity index (χ3n) is 11.1. The fourth-order valence-corrected chi connectivity index (χ4v) is 8.68. The van der Waals surface area contributed by atoms with Crippen LogP contribution < -0.4 is 4.74 Å². The first-order valence-corrected chi connectivity index (χ1v) is 18.3. The number of hydrogen-bond acceptors (Lipinski definition) is 1. The lowest BCUT2D eigenvalue weighted by Gasteiger charge is -2.23. The lowest BCUT2D eigenvalue weighted by Crippen LogP contribution is -1.98. The summed E-state index contributed by atoms with van der Waals surface area (Å²) in [5, 5.41) is 9.93. The van der Waals surface area contributed by atoms with E-state index < -0.39 is 0 Å². The van der Waals surface area contributed by atoms with Crippen LogP contribution in [-0.4, -0.2) is 0 Å². The molecule has 1 heteroatoms. The molecule has 1 heterocycles. The van der Waals surface area contributed by atoms with Gasteiger partial charge < -0.3 is 4.74 Å². The summed E-state index contributed by atoms with van der Waals surface area (Å²) in [4.78, 5) is 0. The molecule has 0 aliphatic carbocycles. The fourth-order valence-electron chi connectivity index (χ4n) is 8.68. The van der Waals surface area contributed by atoms with Crippen LogP contribution >= 0.6 is 0 Å². The molecule has 0 saturated carbocycles. The van der Waals surface area contributed by atoms with Crippen molar-refractivity contribution in [3.8, 4) is 67.1 Å². The lowest BCUT2D eigenvalue weighted by molar-refractivity contribution is 0.487. The number of benzene rings is 10. The maximum absolute atomic E-state index is 6.56. The Morgan fingerprint density at radius 3 is 1.58 bits per heavy atom. The first-order chi connectivity index (χ1) is 26.3. The average Bonchev–Trinajstić information content (AvgIpc) is 3.23. The van der Waals surface area contributed by atoms with Crippen LogP contribution in [0.1, 0.15) is 0 Å². The van der Waals surface area contributed by atoms with Crippen molar-refractivity contribution >= 4 is 43.1 Å². The number of rotatable bonds is 4. The standard InChI is InChI=1S/C52H32O/c1-2-12-33(13-3-1)37-28-31-48-47(32-37)46-30-29-39(41-22-11-23-49(53-48)52(41)46)35-24-26-36(27-25-35)50-42-17-6-8-19-44(42)51(45-20-9-7-18-43(45)50)40-21-10-15-34-14-4-5-16-38(34)40/h1-32H. The van der Waals surface area contributed by atoms with Gasteiger partial charge in [0, 0.05) is 10.9 Å². The third kappa shape index (κ3) is 4.64. The minimum Gasteiger partial charge on any atom is -0.456 e. The molecule has 11 rings (SSSR count). The molecule has 0 fully saturated rings. The molecular formula is C52H32O. The van der Waals surface area contributed by atoms with Gasteiger partial charge in [-0.05, 0) is 106 Å². The van der Waals surface area contributed by atoms with Crippen molar-refractivity contribution in [1.82, 2.24) is 0 Å². The van der Waals surface area contributed by atoms with Gasteiger partial charge in [0.1, 0.15) is 11.5 Å². The van der Waals surface area contributed by atoms with Crippen molar-refractivity contribution in [2.24, 2.45) is 0 Å². The van der Waals surface area contributed by atoms with E-state index in [0.717, 1.165) is 22.4 Å². The first kappa shape index (κ1) is 29.7. The fraction of sp³-hybridized carbons (Fsp3) is 0. The Morgan fingerprint density at radius 2 is 0.830 bits per heavy atom. The van der Waals surface area contributed by atoms with Crippen molar-refractivity contribution in [3.63, 3.8) is 0 Å². The van der Waals surface area contributed by atoms with Gasteiger partial charge in [-0.2, -0.15) is 0 Å². The molecular weight excluding hydrogens is 641 g/mol. The Kier molecular flexibility index (Phi) is 6.62. The normalized spacial score (nSPS) is 11.9. The maximum atomic E-state index is 6.56. The van der Waals surface area contributed by atoms with E-state index in [1.54, 1.807) is 0 Å². The topological polar surface area (TPSA) is 9.23 Å². The molecule has 1 nitrogen and oxygen atoms in total. The van der Waals surface area contributed by atoms with E-state index in [1.807, 2.05) is 0 Å². The second-order valence-corrected chi connectivity index (χ2v) is 14.0. The van der Waals surface area contributed by atoms with Crippen molar-refractivity contribution in [2.75, 3.05) is 0 Å². The van der Waals surface area contributed by atoms with Gasteiger partial charge in [-0.3, -0.25) is 0 Å². The van der Waals surface area contributed by atoms with Crippen molar-refractivity contribution in [3.05, 3.63) is 194 Å². The number of ether oxygens (including phenoxy) is 1. The van der Waals surface area contributed by atoms with Gasteiger partial charge >= 0.3 is 0 Å². The molecule has 0 atom stereocenters. The summed E-state index contributed by atoms with van der Waals surface area (Å²) < 4.78 is 6.56. The van der Waals surface area contributed by atoms with E-state index in [4.69, 9.17) is 4.74 Å². The minimum atomic E-state index is 0.896. The van der Waals surface area contributed by atoms with Crippen LogP contribution in [0, 0.1) is 0 Å². The number of hydrogen-bond donors (Lipinski definition) is 0. The minimum absolute atomic E-state index is 0.896. The predicted molar refractivity (Wildman–Crippen MR) is 224 cm³/mol. The van der Waals surface area contributed by atoms with Crippen LogP contribution in [0.5, 0.6) is 11.5 Å². The van der Waals surface area contributed by atoms with Crippen LogP contribution in [-0.2, 0) is 0 Å². The van der Waals surface area contributed by atoms with Crippen LogP contribution in [0.4, 0.5) is 0 Å². The average molecular weight is 673 g/mol. The van der Waals surface area contributed by atoms with Gasteiger partial charge in [0.05, 0.1) is 0 Å². The van der Waals surface area contributed by atoms with Gasteiger partial charge in [0.25, 0.3) is 0 Å². The highest BCUT2D eigenvalue weighted by Crippen LogP contribution is 2.50. The predicted octanol–water partition coefficient (Wildman–Crippen LogP) is 14.7. The Bertz CT molecular complexity index is 3000. The number of fused-ring (bicyclic) bond motifs is 5. The molecule has 0 N–H and O–H groups in total. The second-order valence-electron chi connectivity index (χ2n) is 14.0. The summed E-state index contributed by atoms with van der Waals surface area (Å²) in [5.74, 6) is 1.80. The Morgan fingerprint density at radius 1 is 0.264 bits per heavy atom. The quantitative estimate of drug-likeness (QED) is 0.169. The summed E-state index contributed by atoms with van der Waals surface area (Å²) in [6.45, 7) is 0. The van der Waals surface area contributed by atoms with E-state index in [0.29, 0.717) is 0 Å². The van der Waals surface area contributed by atoms with Crippen LogP contribution in [0.15, 0.2) is 194 Å². The van der Waals surface area contributed by atoms with Crippen LogP contribution in [0.25, 0.3) is 98.7 Å². The Labute approximate surface area is 308 Å². The summed E-state index contributed by atoms with van der Waals surface area (Å²) in [7, 11) is 0.